The highest BCUT2D eigenvalue weighted by atomic mass is 16.6. The van der Waals surface area contributed by atoms with Crippen LogP contribution in [-0.4, -0.2) is 59.6 Å². The fourth-order valence-electron chi connectivity index (χ4n) is 3.21. The lowest BCUT2D eigenvalue weighted by molar-refractivity contribution is 0.0570. The number of amides is 2. The van der Waals surface area contributed by atoms with Gasteiger partial charge in [-0.2, -0.15) is 0 Å². The minimum Gasteiger partial charge on any atom is -0.450 e. The summed E-state index contributed by atoms with van der Waals surface area (Å²) in [5, 5.41) is 3.28. The monoisotopic (exact) mass is 382 g/mol. The molecule has 2 amide bonds. The molecule has 1 saturated heterocycles. The summed E-state index contributed by atoms with van der Waals surface area (Å²) in [6.45, 7) is 8.14. The van der Waals surface area contributed by atoms with Crippen LogP contribution in [0.1, 0.15) is 28.4 Å². The Morgan fingerprint density at radius 1 is 1.07 bits per heavy atom. The zero-order chi connectivity index (χ0) is 20.1. The van der Waals surface area contributed by atoms with E-state index in [1.54, 1.807) is 35.1 Å². The van der Waals surface area contributed by atoms with Gasteiger partial charge in [0.25, 0.3) is 5.91 Å². The summed E-state index contributed by atoms with van der Waals surface area (Å²) in [7, 11) is 0. The van der Waals surface area contributed by atoms with Crippen molar-refractivity contribution in [1.82, 2.24) is 14.8 Å². The van der Waals surface area contributed by atoms with E-state index in [1.165, 1.54) is 5.56 Å². The zero-order valence-corrected chi connectivity index (χ0v) is 16.6. The smallest absolute Gasteiger partial charge is 0.409 e. The maximum atomic E-state index is 12.9. The van der Waals surface area contributed by atoms with Gasteiger partial charge in [0.2, 0.25) is 0 Å². The molecule has 3 rings (SSSR count). The van der Waals surface area contributed by atoms with Crippen molar-refractivity contribution in [1.29, 1.82) is 0 Å². The van der Waals surface area contributed by atoms with Gasteiger partial charge in [0.15, 0.2) is 0 Å². The van der Waals surface area contributed by atoms with Crippen molar-refractivity contribution in [2.45, 2.75) is 20.8 Å². The van der Waals surface area contributed by atoms with Crippen molar-refractivity contribution in [3.63, 3.8) is 0 Å². The molecule has 2 aromatic rings. The third-order valence-corrected chi connectivity index (χ3v) is 4.74. The van der Waals surface area contributed by atoms with E-state index in [0.717, 1.165) is 11.3 Å². The molecule has 0 radical (unpaired) electrons. The molecule has 1 aromatic carbocycles. The van der Waals surface area contributed by atoms with Gasteiger partial charge in [-0.05, 0) is 44.5 Å². The molecule has 2 heterocycles. The summed E-state index contributed by atoms with van der Waals surface area (Å²) in [6.07, 6.45) is 1.31. The van der Waals surface area contributed by atoms with Gasteiger partial charge in [0.1, 0.15) is 5.82 Å². The predicted octanol–water partition coefficient (Wildman–Crippen LogP) is 3.36. The van der Waals surface area contributed by atoms with Gasteiger partial charge >= 0.3 is 6.09 Å². The molecule has 7 heteroatoms. The van der Waals surface area contributed by atoms with E-state index >= 15 is 0 Å². The van der Waals surface area contributed by atoms with Crippen molar-refractivity contribution in [3.8, 4) is 0 Å². The summed E-state index contributed by atoms with van der Waals surface area (Å²) < 4.78 is 5.02. The van der Waals surface area contributed by atoms with Crippen LogP contribution in [0.25, 0.3) is 0 Å². The zero-order valence-electron chi connectivity index (χ0n) is 16.6. The molecule has 0 spiro atoms. The highest BCUT2D eigenvalue weighted by molar-refractivity contribution is 5.95. The highest BCUT2D eigenvalue weighted by Crippen LogP contribution is 2.21. The number of aryl methyl sites for hydroxylation is 2. The second-order valence-electron chi connectivity index (χ2n) is 6.85. The van der Waals surface area contributed by atoms with Crippen molar-refractivity contribution in [2.24, 2.45) is 0 Å². The van der Waals surface area contributed by atoms with Crippen LogP contribution >= 0.6 is 0 Å². The predicted molar refractivity (Wildman–Crippen MR) is 108 cm³/mol. The lowest BCUT2D eigenvalue weighted by Gasteiger charge is -2.34. The molecule has 1 fully saturated rings. The van der Waals surface area contributed by atoms with Gasteiger partial charge in [0.05, 0.1) is 6.61 Å². The average Bonchev–Trinajstić information content (AvgIpc) is 2.70. The number of ether oxygens (including phenoxy) is 1. The number of aromatic nitrogens is 1. The normalized spacial score (nSPS) is 14.0. The molecule has 0 unspecified atom stereocenters. The molecular weight excluding hydrogens is 356 g/mol. The van der Waals surface area contributed by atoms with Crippen LogP contribution in [0.2, 0.25) is 0 Å². The number of benzene rings is 1. The number of pyridine rings is 1. The van der Waals surface area contributed by atoms with E-state index in [2.05, 4.69) is 23.3 Å². The SMILES string of the molecule is CCOC(=O)N1CCN(C(=O)c2ccnc(Nc3ccc(C)cc3C)c2)CC1. The third kappa shape index (κ3) is 4.60. The molecule has 0 saturated carbocycles. The topological polar surface area (TPSA) is 74.8 Å². The number of carbonyl (C=O) groups is 2. The molecule has 0 aliphatic carbocycles. The van der Waals surface area contributed by atoms with Crippen LogP contribution in [0, 0.1) is 13.8 Å². The minimum atomic E-state index is -0.321. The summed E-state index contributed by atoms with van der Waals surface area (Å²) >= 11 is 0. The Kier molecular flexibility index (Phi) is 6.13. The number of carbonyl (C=O) groups excluding carboxylic acids is 2. The second kappa shape index (κ2) is 8.73. The van der Waals surface area contributed by atoms with Crippen LogP contribution in [0.15, 0.2) is 36.5 Å². The minimum absolute atomic E-state index is 0.0606. The van der Waals surface area contributed by atoms with Crippen LogP contribution in [0.4, 0.5) is 16.3 Å². The fraction of sp³-hybridized carbons (Fsp3) is 0.381. The quantitative estimate of drug-likeness (QED) is 0.878. The number of hydrogen-bond acceptors (Lipinski definition) is 5. The van der Waals surface area contributed by atoms with E-state index in [4.69, 9.17) is 4.74 Å². The molecule has 0 atom stereocenters. The van der Waals surface area contributed by atoms with Crippen molar-refractivity contribution in [2.75, 3.05) is 38.1 Å². The van der Waals surface area contributed by atoms with Gasteiger partial charge in [-0.3, -0.25) is 4.79 Å². The molecule has 7 nitrogen and oxygen atoms in total. The Morgan fingerprint density at radius 3 is 2.46 bits per heavy atom. The fourth-order valence-corrected chi connectivity index (χ4v) is 3.21. The number of anilines is 2. The molecular formula is C21H26N4O3. The first-order chi connectivity index (χ1) is 13.5. The Hall–Kier alpha value is -3.09. The van der Waals surface area contributed by atoms with E-state index in [9.17, 15) is 9.59 Å². The molecule has 1 aliphatic rings. The number of nitrogens with one attached hydrogen (secondary N) is 1. The summed E-state index contributed by atoms with van der Waals surface area (Å²) in [5.74, 6) is 0.567. The van der Waals surface area contributed by atoms with Gasteiger partial charge in [0, 0.05) is 43.6 Å². The first kappa shape index (κ1) is 19.7. The Balaban J connectivity index is 1.65. The van der Waals surface area contributed by atoms with Crippen molar-refractivity contribution >= 4 is 23.5 Å². The van der Waals surface area contributed by atoms with Gasteiger partial charge in [-0.25, -0.2) is 9.78 Å². The molecule has 1 aliphatic heterocycles. The van der Waals surface area contributed by atoms with Gasteiger partial charge in [-0.1, -0.05) is 17.7 Å². The van der Waals surface area contributed by atoms with Crippen molar-refractivity contribution < 1.29 is 14.3 Å². The Morgan fingerprint density at radius 2 is 1.79 bits per heavy atom. The first-order valence-electron chi connectivity index (χ1n) is 9.49. The average molecular weight is 382 g/mol. The largest absolute Gasteiger partial charge is 0.450 e. The maximum Gasteiger partial charge on any atom is 0.409 e. The molecule has 1 N–H and O–H groups in total. The van der Waals surface area contributed by atoms with Crippen LogP contribution in [0.5, 0.6) is 0 Å². The Bertz CT molecular complexity index is 860. The second-order valence-corrected chi connectivity index (χ2v) is 6.85. The van der Waals surface area contributed by atoms with E-state index in [0.29, 0.717) is 44.2 Å². The standard InChI is InChI=1S/C21H26N4O3/c1-4-28-21(27)25-11-9-24(10-12-25)20(26)17-7-8-22-19(14-17)23-18-6-5-15(2)13-16(18)3/h5-8,13-14H,4,9-12H2,1-3H3,(H,22,23). The van der Waals surface area contributed by atoms with Gasteiger partial charge < -0.3 is 19.9 Å². The Labute approximate surface area is 165 Å². The highest BCUT2D eigenvalue weighted by Gasteiger charge is 2.25. The van der Waals surface area contributed by atoms with E-state index in [-0.39, 0.29) is 12.0 Å². The first-order valence-corrected chi connectivity index (χ1v) is 9.49. The van der Waals surface area contributed by atoms with Crippen LogP contribution in [-0.2, 0) is 4.74 Å². The van der Waals surface area contributed by atoms with Crippen molar-refractivity contribution in [3.05, 3.63) is 53.2 Å². The lowest BCUT2D eigenvalue weighted by atomic mass is 10.1. The summed E-state index contributed by atoms with van der Waals surface area (Å²) in [4.78, 5) is 32.4. The maximum absolute atomic E-state index is 12.9. The van der Waals surface area contributed by atoms with Crippen LogP contribution in [0.3, 0.4) is 0 Å². The molecule has 0 bridgehead atoms. The summed E-state index contributed by atoms with van der Waals surface area (Å²) in [5.41, 5.74) is 3.85. The van der Waals surface area contributed by atoms with E-state index in [1.807, 2.05) is 19.1 Å². The third-order valence-electron chi connectivity index (χ3n) is 4.74. The van der Waals surface area contributed by atoms with E-state index < -0.39 is 0 Å². The number of hydrogen-bond donors (Lipinski definition) is 1. The molecule has 1 aromatic heterocycles. The molecule has 148 valence electrons. The van der Waals surface area contributed by atoms with Gasteiger partial charge in [-0.15, -0.1) is 0 Å². The molecule has 28 heavy (non-hydrogen) atoms. The van der Waals surface area contributed by atoms with Crippen LogP contribution < -0.4 is 5.32 Å². The number of piperazine rings is 1. The summed E-state index contributed by atoms with van der Waals surface area (Å²) in [6, 6.07) is 9.62. The lowest BCUT2D eigenvalue weighted by Crippen LogP contribution is -2.50. The number of rotatable bonds is 4. The number of nitrogens with zero attached hydrogens (tertiary/aromatic N) is 3.